The van der Waals surface area contributed by atoms with Crippen molar-refractivity contribution < 1.29 is 14.3 Å². The van der Waals surface area contributed by atoms with Crippen molar-refractivity contribution in [2.45, 2.75) is 65.0 Å². The molecule has 1 heterocycles. The second kappa shape index (κ2) is 10.0. The molecule has 1 fully saturated rings. The van der Waals surface area contributed by atoms with E-state index in [1.807, 2.05) is 0 Å². The number of nitrogens with zero attached hydrogens (tertiary/aromatic N) is 1. The van der Waals surface area contributed by atoms with Gasteiger partial charge in [0.1, 0.15) is 0 Å². The highest BCUT2D eigenvalue weighted by Gasteiger charge is 2.27. The molecule has 0 radical (unpaired) electrons. The summed E-state index contributed by atoms with van der Waals surface area (Å²) in [6.45, 7) is 4.70. The minimum Gasteiger partial charge on any atom is -0.493 e. The van der Waals surface area contributed by atoms with Gasteiger partial charge in [0.2, 0.25) is 5.91 Å². The number of fused-ring (bicyclic) bond motifs is 1. The van der Waals surface area contributed by atoms with Crippen molar-refractivity contribution in [2.75, 3.05) is 14.2 Å². The molecule has 0 unspecified atom stereocenters. The number of ether oxygens (including phenoxy) is 2. The Balaban J connectivity index is 1.61. The van der Waals surface area contributed by atoms with Crippen LogP contribution in [0.3, 0.4) is 0 Å². The number of carbonyl (C=O) groups excluding carboxylic acids is 1. The van der Waals surface area contributed by atoms with E-state index in [2.05, 4.69) is 24.1 Å². The molecule has 1 aromatic carbocycles. The summed E-state index contributed by atoms with van der Waals surface area (Å²) in [5.74, 6) is 2.03. The number of benzene rings is 1. The number of rotatable bonds is 8. The molecule has 170 valence electrons. The molecule has 0 aliphatic heterocycles. The van der Waals surface area contributed by atoms with Crippen molar-refractivity contribution in [1.29, 1.82) is 0 Å². The molecule has 31 heavy (non-hydrogen) atoms. The van der Waals surface area contributed by atoms with Crippen molar-refractivity contribution in [3.05, 3.63) is 33.0 Å². The van der Waals surface area contributed by atoms with Crippen LogP contribution < -0.4 is 26.0 Å². The minimum atomic E-state index is -0.473. The Morgan fingerprint density at radius 1 is 1.13 bits per heavy atom. The number of carbonyl (C=O) groups is 1. The van der Waals surface area contributed by atoms with E-state index in [1.54, 1.807) is 12.1 Å². The molecule has 0 bridgehead atoms. The fourth-order valence-corrected chi connectivity index (χ4v) is 4.40. The molecule has 3 atom stereocenters. The second-order valence-corrected chi connectivity index (χ2v) is 8.54. The molecule has 8 nitrogen and oxygen atoms in total. The first kappa shape index (κ1) is 22.9. The average Bonchev–Trinajstić information content (AvgIpc) is 2.75. The van der Waals surface area contributed by atoms with Crippen molar-refractivity contribution in [2.24, 2.45) is 11.8 Å². The van der Waals surface area contributed by atoms with E-state index < -0.39 is 5.69 Å². The number of unbranched alkanes of at least 4 members (excludes halogenated alkanes) is 1. The third-order valence-electron chi connectivity index (χ3n) is 6.57. The van der Waals surface area contributed by atoms with Crippen LogP contribution in [0.25, 0.3) is 10.9 Å². The van der Waals surface area contributed by atoms with E-state index in [0.717, 1.165) is 12.8 Å². The van der Waals surface area contributed by atoms with Gasteiger partial charge in [-0.05, 0) is 37.2 Å². The summed E-state index contributed by atoms with van der Waals surface area (Å²) in [5, 5.41) is 3.52. The first-order chi connectivity index (χ1) is 14.8. The van der Waals surface area contributed by atoms with E-state index in [-0.39, 0.29) is 24.1 Å². The number of nitrogens with one attached hydrogen (secondary N) is 2. The standard InChI is InChI=1S/C23H33N3O5/c1-14-8-7-9-17(15(14)2)24-21(27)10-5-6-11-26-22(28)16-12-19(30-3)20(31-4)13-18(16)25-23(26)29/h12-15,17H,5-11H2,1-4H3,(H,24,27)(H,25,29)/t14-,15+,17-/m1/s1. The van der Waals surface area contributed by atoms with Crippen LogP contribution in [0, 0.1) is 11.8 Å². The highest BCUT2D eigenvalue weighted by atomic mass is 16.5. The van der Waals surface area contributed by atoms with Gasteiger partial charge in [0.05, 0.1) is 25.1 Å². The molecule has 2 N–H and O–H groups in total. The quantitative estimate of drug-likeness (QED) is 0.626. The molecule has 0 spiro atoms. The number of aromatic amines is 1. The molecule has 2 aromatic rings. The topological polar surface area (TPSA) is 102 Å². The van der Waals surface area contributed by atoms with E-state index in [4.69, 9.17) is 9.47 Å². The summed E-state index contributed by atoms with van der Waals surface area (Å²) in [6, 6.07) is 3.40. The van der Waals surface area contributed by atoms with Gasteiger partial charge >= 0.3 is 5.69 Å². The van der Waals surface area contributed by atoms with Crippen LogP contribution in [-0.4, -0.2) is 35.7 Å². The predicted molar refractivity (Wildman–Crippen MR) is 120 cm³/mol. The fourth-order valence-electron chi connectivity index (χ4n) is 4.40. The van der Waals surface area contributed by atoms with Gasteiger partial charge in [-0.2, -0.15) is 0 Å². The second-order valence-electron chi connectivity index (χ2n) is 8.54. The molecular weight excluding hydrogens is 398 g/mol. The Labute approximate surface area is 181 Å². The summed E-state index contributed by atoms with van der Waals surface area (Å²) in [6.07, 6.45) is 4.97. The van der Waals surface area contributed by atoms with Gasteiger partial charge in [0.15, 0.2) is 11.5 Å². The molecule has 3 rings (SSSR count). The first-order valence-electron chi connectivity index (χ1n) is 11.0. The first-order valence-corrected chi connectivity index (χ1v) is 11.0. The highest BCUT2D eigenvalue weighted by Crippen LogP contribution is 2.30. The number of amides is 1. The van der Waals surface area contributed by atoms with Gasteiger partial charge < -0.3 is 19.8 Å². The van der Waals surface area contributed by atoms with Crippen molar-refractivity contribution in [3.8, 4) is 11.5 Å². The zero-order valence-electron chi connectivity index (χ0n) is 18.8. The summed E-state index contributed by atoms with van der Waals surface area (Å²) >= 11 is 0. The van der Waals surface area contributed by atoms with Gasteiger partial charge in [-0.1, -0.05) is 26.7 Å². The summed E-state index contributed by atoms with van der Waals surface area (Å²) < 4.78 is 11.7. The Morgan fingerprint density at radius 3 is 2.55 bits per heavy atom. The molecule has 1 aliphatic rings. The Morgan fingerprint density at radius 2 is 1.84 bits per heavy atom. The number of hydrogen-bond donors (Lipinski definition) is 2. The van der Waals surface area contributed by atoms with Crippen molar-refractivity contribution in [1.82, 2.24) is 14.9 Å². The van der Waals surface area contributed by atoms with E-state index in [0.29, 0.717) is 53.5 Å². The van der Waals surface area contributed by atoms with Crippen LogP contribution in [0.4, 0.5) is 0 Å². The maximum Gasteiger partial charge on any atom is 0.328 e. The van der Waals surface area contributed by atoms with Crippen LogP contribution in [-0.2, 0) is 11.3 Å². The van der Waals surface area contributed by atoms with Gasteiger partial charge in [-0.15, -0.1) is 0 Å². The van der Waals surface area contributed by atoms with Crippen molar-refractivity contribution >= 4 is 16.8 Å². The third-order valence-corrected chi connectivity index (χ3v) is 6.57. The van der Waals surface area contributed by atoms with Crippen LogP contribution in [0.2, 0.25) is 0 Å². The predicted octanol–water partition coefficient (Wildman–Crippen LogP) is 2.82. The number of H-pyrrole nitrogens is 1. The van der Waals surface area contributed by atoms with Gasteiger partial charge in [-0.3, -0.25) is 14.2 Å². The maximum atomic E-state index is 12.8. The molecule has 1 amide bonds. The normalized spacial score (nSPS) is 21.1. The van der Waals surface area contributed by atoms with Crippen LogP contribution in [0.5, 0.6) is 11.5 Å². The van der Waals surface area contributed by atoms with E-state index in [9.17, 15) is 14.4 Å². The Kier molecular flexibility index (Phi) is 7.41. The van der Waals surface area contributed by atoms with Crippen LogP contribution >= 0.6 is 0 Å². The SMILES string of the molecule is COc1cc2[nH]c(=O)n(CCCCC(=O)N[C@@H]3CCC[C@@H](C)[C@@H]3C)c(=O)c2cc1OC. The average molecular weight is 432 g/mol. The fraction of sp³-hybridized carbons (Fsp3) is 0.609. The van der Waals surface area contributed by atoms with Gasteiger partial charge in [-0.25, -0.2) is 4.79 Å². The zero-order valence-corrected chi connectivity index (χ0v) is 18.8. The van der Waals surface area contributed by atoms with Crippen LogP contribution in [0.1, 0.15) is 52.4 Å². The lowest BCUT2D eigenvalue weighted by molar-refractivity contribution is -0.122. The Bertz CT molecular complexity index is 1040. The molecule has 0 saturated heterocycles. The summed E-state index contributed by atoms with van der Waals surface area (Å²) in [7, 11) is 2.99. The summed E-state index contributed by atoms with van der Waals surface area (Å²) in [5.41, 5.74) is -0.451. The monoisotopic (exact) mass is 431 g/mol. The largest absolute Gasteiger partial charge is 0.493 e. The van der Waals surface area contributed by atoms with Crippen molar-refractivity contribution in [3.63, 3.8) is 0 Å². The molecule has 1 saturated carbocycles. The molecule has 1 aliphatic carbocycles. The smallest absolute Gasteiger partial charge is 0.328 e. The Hall–Kier alpha value is -2.77. The zero-order chi connectivity index (χ0) is 22.5. The van der Waals surface area contributed by atoms with Crippen LogP contribution in [0.15, 0.2) is 21.7 Å². The maximum absolute atomic E-state index is 12.8. The molecule has 1 aromatic heterocycles. The van der Waals surface area contributed by atoms with E-state index >= 15 is 0 Å². The summed E-state index contributed by atoms with van der Waals surface area (Å²) in [4.78, 5) is 40.3. The molecule has 8 heteroatoms. The lowest BCUT2D eigenvalue weighted by atomic mass is 9.78. The van der Waals surface area contributed by atoms with E-state index in [1.165, 1.54) is 25.2 Å². The van der Waals surface area contributed by atoms with Gasteiger partial charge in [0, 0.05) is 25.1 Å². The minimum absolute atomic E-state index is 0.0440. The number of hydrogen-bond acceptors (Lipinski definition) is 5. The highest BCUT2D eigenvalue weighted by molar-refractivity contribution is 5.81. The lowest BCUT2D eigenvalue weighted by Gasteiger charge is -2.34. The number of methoxy groups -OCH3 is 2. The number of aromatic nitrogens is 2. The lowest BCUT2D eigenvalue weighted by Crippen LogP contribution is -2.43. The molecular formula is C23H33N3O5. The van der Waals surface area contributed by atoms with Gasteiger partial charge in [0.25, 0.3) is 5.56 Å². The third kappa shape index (κ3) is 5.11.